The number of carbonyl (C=O) groups is 1. The minimum Gasteiger partial charge on any atom is -0.461 e. The summed E-state index contributed by atoms with van der Waals surface area (Å²) in [7, 11) is 0. The highest BCUT2D eigenvalue weighted by Crippen LogP contribution is 2.07. The highest BCUT2D eigenvalue weighted by Gasteiger charge is 2.09. The second-order valence-corrected chi connectivity index (χ2v) is 4.95. The molecule has 1 aromatic carbocycles. The fraction of sp³-hybridized carbons (Fsp3) is 0.278. The summed E-state index contributed by atoms with van der Waals surface area (Å²) in [6, 6.07) is 17.0. The molecular weight excluding hydrogens is 276 g/mol. The smallest absolute Gasteiger partial charge is 0.356 e. The van der Waals surface area contributed by atoms with Crippen molar-refractivity contribution in [2.75, 3.05) is 6.61 Å². The van der Waals surface area contributed by atoms with Gasteiger partial charge in [0.25, 0.3) is 0 Å². The van der Waals surface area contributed by atoms with E-state index in [2.05, 4.69) is 17.1 Å². The number of carbonyl (C=O) groups excluding carboxylic acids is 1. The van der Waals surface area contributed by atoms with Gasteiger partial charge in [0, 0.05) is 0 Å². The lowest BCUT2D eigenvalue weighted by molar-refractivity contribution is 0.0491. The van der Waals surface area contributed by atoms with E-state index in [0.717, 1.165) is 25.7 Å². The molecule has 0 unspecified atom stereocenters. The molecule has 0 aliphatic rings. The zero-order valence-corrected chi connectivity index (χ0v) is 12.4. The molecule has 0 saturated heterocycles. The zero-order chi connectivity index (χ0) is 15.6. The van der Waals surface area contributed by atoms with Crippen molar-refractivity contribution in [3.8, 4) is 6.07 Å². The standard InChI is InChI=1S/C18H18N2O2/c19-14-16-11-7-12-17(20-16)18(21)22-13-6-2-5-10-15-8-3-1-4-9-15/h1,3-4,7-9,11-12H,2,5-6,10,13H2. The van der Waals surface area contributed by atoms with Gasteiger partial charge < -0.3 is 4.74 Å². The molecule has 22 heavy (non-hydrogen) atoms. The van der Waals surface area contributed by atoms with Gasteiger partial charge in [-0.05, 0) is 43.4 Å². The number of hydrogen-bond acceptors (Lipinski definition) is 4. The van der Waals surface area contributed by atoms with Gasteiger partial charge in [0.1, 0.15) is 17.5 Å². The Bertz CT molecular complexity index is 648. The third kappa shape index (κ3) is 5.02. The molecule has 2 rings (SSSR count). The molecule has 0 bridgehead atoms. The first-order chi connectivity index (χ1) is 10.8. The summed E-state index contributed by atoms with van der Waals surface area (Å²) in [5, 5.41) is 8.75. The van der Waals surface area contributed by atoms with Crippen LogP contribution in [0.5, 0.6) is 0 Å². The van der Waals surface area contributed by atoms with Gasteiger partial charge in [0.05, 0.1) is 6.61 Å². The van der Waals surface area contributed by atoms with Crippen LogP contribution < -0.4 is 0 Å². The van der Waals surface area contributed by atoms with E-state index in [-0.39, 0.29) is 11.4 Å². The molecule has 0 radical (unpaired) electrons. The van der Waals surface area contributed by atoms with Gasteiger partial charge in [0.2, 0.25) is 0 Å². The van der Waals surface area contributed by atoms with E-state index in [1.165, 1.54) is 5.56 Å². The lowest BCUT2D eigenvalue weighted by atomic mass is 10.1. The number of nitriles is 1. The average molecular weight is 294 g/mol. The monoisotopic (exact) mass is 294 g/mol. The van der Waals surface area contributed by atoms with Gasteiger partial charge in [-0.1, -0.05) is 36.4 Å². The topological polar surface area (TPSA) is 63.0 Å². The van der Waals surface area contributed by atoms with Crippen molar-refractivity contribution < 1.29 is 9.53 Å². The van der Waals surface area contributed by atoms with Crippen molar-refractivity contribution >= 4 is 5.97 Å². The molecule has 0 fully saturated rings. The Morgan fingerprint density at radius 1 is 1.05 bits per heavy atom. The maximum atomic E-state index is 11.8. The van der Waals surface area contributed by atoms with Crippen LogP contribution in [0.3, 0.4) is 0 Å². The number of ether oxygens (including phenoxy) is 1. The van der Waals surface area contributed by atoms with Gasteiger partial charge >= 0.3 is 5.97 Å². The van der Waals surface area contributed by atoms with Crippen LogP contribution in [0, 0.1) is 11.3 Å². The van der Waals surface area contributed by atoms with Crippen molar-refractivity contribution in [2.45, 2.75) is 25.7 Å². The van der Waals surface area contributed by atoms with Crippen LogP contribution in [0.2, 0.25) is 0 Å². The summed E-state index contributed by atoms with van der Waals surface area (Å²) in [6.45, 7) is 0.381. The molecule has 4 heteroatoms. The van der Waals surface area contributed by atoms with Crippen LogP contribution in [-0.2, 0) is 11.2 Å². The molecule has 0 N–H and O–H groups in total. The second kappa shape index (κ2) is 8.58. The molecule has 0 aliphatic heterocycles. The average Bonchev–Trinajstić information content (AvgIpc) is 2.58. The van der Waals surface area contributed by atoms with Gasteiger partial charge in [-0.15, -0.1) is 0 Å². The van der Waals surface area contributed by atoms with Crippen LogP contribution in [-0.4, -0.2) is 17.6 Å². The molecular formula is C18H18N2O2. The van der Waals surface area contributed by atoms with Crippen molar-refractivity contribution in [1.82, 2.24) is 4.98 Å². The highest BCUT2D eigenvalue weighted by atomic mass is 16.5. The number of aryl methyl sites for hydroxylation is 1. The molecule has 112 valence electrons. The van der Waals surface area contributed by atoms with Crippen LogP contribution in [0.1, 0.15) is 41.0 Å². The van der Waals surface area contributed by atoms with E-state index in [9.17, 15) is 4.79 Å². The first-order valence-corrected chi connectivity index (χ1v) is 7.38. The molecule has 0 spiro atoms. The third-order valence-corrected chi connectivity index (χ3v) is 3.26. The first-order valence-electron chi connectivity index (χ1n) is 7.38. The fourth-order valence-corrected chi connectivity index (χ4v) is 2.10. The van der Waals surface area contributed by atoms with E-state index in [1.807, 2.05) is 24.3 Å². The van der Waals surface area contributed by atoms with E-state index >= 15 is 0 Å². The summed E-state index contributed by atoms with van der Waals surface area (Å²) < 4.78 is 5.17. The summed E-state index contributed by atoms with van der Waals surface area (Å²) in [6.07, 6.45) is 3.95. The molecule has 4 nitrogen and oxygen atoms in total. The second-order valence-electron chi connectivity index (χ2n) is 4.95. The maximum absolute atomic E-state index is 11.8. The van der Waals surface area contributed by atoms with Crippen molar-refractivity contribution in [2.24, 2.45) is 0 Å². The lowest BCUT2D eigenvalue weighted by Crippen LogP contribution is -2.09. The van der Waals surface area contributed by atoms with Gasteiger partial charge in [-0.3, -0.25) is 0 Å². The Morgan fingerprint density at radius 2 is 1.86 bits per heavy atom. The lowest BCUT2D eigenvalue weighted by Gasteiger charge is -2.05. The summed E-state index contributed by atoms with van der Waals surface area (Å²) in [5.41, 5.74) is 1.73. The van der Waals surface area contributed by atoms with Crippen molar-refractivity contribution in [1.29, 1.82) is 5.26 Å². The Kier molecular flexibility index (Phi) is 6.13. The van der Waals surface area contributed by atoms with E-state index < -0.39 is 5.97 Å². The number of hydrogen-bond donors (Lipinski definition) is 0. The highest BCUT2D eigenvalue weighted by molar-refractivity contribution is 5.87. The fourth-order valence-electron chi connectivity index (χ4n) is 2.10. The van der Waals surface area contributed by atoms with Crippen molar-refractivity contribution in [3.05, 3.63) is 65.5 Å². The molecule has 0 amide bonds. The number of rotatable bonds is 7. The predicted octanol–water partition coefficient (Wildman–Crippen LogP) is 3.52. The predicted molar refractivity (Wildman–Crippen MR) is 83.2 cm³/mol. The van der Waals surface area contributed by atoms with Crippen LogP contribution in [0.15, 0.2) is 48.5 Å². The minimum absolute atomic E-state index is 0.184. The third-order valence-electron chi connectivity index (χ3n) is 3.26. The maximum Gasteiger partial charge on any atom is 0.356 e. The Labute approximate surface area is 130 Å². The summed E-state index contributed by atoms with van der Waals surface area (Å²) in [4.78, 5) is 15.7. The number of aromatic nitrogens is 1. The minimum atomic E-state index is -0.472. The van der Waals surface area contributed by atoms with Crippen LogP contribution in [0.4, 0.5) is 0 Å². The molecule has 0 atom stereocenters. The van der Waals surface area contributed by atoms with Gasteiger partial charge in [-0.25, -0.2) is 9.78 Å². The van der Waals surface area contributed by atoms with E-state index in [1.54, 1.807) is 18.2 Å². The number of nitrogens with zero attached hydrogens (tertiary/aromatic N) is 2. The van der Waals surface area contributed by atoms with E-state index in [0.29, 0.717) is 6.61 Å². The Hall–Kier alpha value is -2.67. The SMILES string of the molecule is N#Cc1cccc(C(=O)OCCCCCc2ccccc2)n1. The van der Waals surface area contributed by atoms with Gasteiger partial charge in [-0.2, -0.15) is 5.26 Å². The molecule has 1 heterocycles. The molecule has 0 aliphatic carbocycles. The quantitative estimate of drug-likeness (QED) is 0.579. The van der Waals surface area contributed by atoms with Gasteiger partial charge in [0.15, 0.2) is 0 Å². The van der Waals surface area contributed by atoms with Crippen LogP contribution in [0.25, 0.3) is 0 Å². The largest absolute Gasteiger partial charge is 0.461 e. The van der Waals surface area contributed by atoms with Crippen molar-refractivity contribution in [3.63, 3.8) is 0 Å². The molecule has 2 aromatic rings. The normalized spacial score (nSPS) is 9.95. The summed E-state index contributed by atoms with van der Waals surface area (Å²) >= 11 is 0. The van der Waals surface area contributed by atoms with Crippen LogP contribution >= 0.6 is 0 Å². The Balaban J connectivity index is 1.64. The number of unbranched alkanes of at least 4 members (excludes halogenated alkanes) is 2. The zero-order valence-electron chi connectivity index (χ0n) is 12.4. The Morgan fingerprint density at radius 3 is 2.64 bits per heavy atom. The number of benzene rings is 1. The first kappa shape index (κ1) is 15.7. The number of esters is 1. The van der Waals surface area contributed by atoms with E-state index in [4.69, 9.17) is 10.00 Å². The molecule has 0 saturated carbocycles. The number of pyridine rings is 1. The summed E-state index contributed by atoms with van der Waals surface area (Å²) in [5.74, 6) is -0.472. The molecule has 1 aromatic heterocycles.